The number of nitrogens with zero attached hydrogens (tertiary/aromatic N) is 2. The molecule has 0 spiro atoms. The van der Waals surface area contributed by atoms with Crippen LogP contribution >= 0.6 is 23.1 Å². The van der Waals surface area contributed by atoms with E-state index in [0.29, 0.717) is 28.8 Å². The number of hydrogen-bond acceptors (Lipinski definition) is 6. The molecule has 0 unspecified atom stereocenters. The number of aromatic nitrogens is 2. The second-order valence-corrected chi connectivity index (χ2v) is 8.13. The van der Waals surface area contributed by atoms with Gasteiger partial charge in [-0.25, -0.2) is 4.98 Å². The molecule has 1 aliphatic heterocycles. The van der Waals surface area contributed by atoms with Crippen LogP contribution in [0.1, 0.15) is 5.56 Å². The molecule has 5 nitrogen and oxygen atoms in total. The van der Waals surface area contributed by atoms with Gasteiger partial charge in [0.05, 0.1) is 11.2 Å². The first kappa shape index (κ1) is 17.3. The third kappa shape index (κ3) is 3.16. The van der Waals surface area contributed by atoms with E-state index in [9.17, 15) is 4.79 Å². The molecule has 2 aromatic heterocycles. The first-order valence-corrected chi connectivity index (χ1v) is 10.7. The minimum Gasteiger partial charge on any atom is -0.486 e. The fraction of sp³-hybridized carbons (Fsp3) is 0.143. The monoisotopic (exact) mass is 408 g/mol. The van der Waals surface area contributed by atoms with E-state index in [1.165, 1.54) is 23.1 Å². The van der Waals surface area contributed by atoms with Crippen molar-refractivity contribution >= 4 is 33.3 Å². The summed E-state index contributed by atoms with van der Waals surface area (Å²) >= 11 is 2.96. The van der Waals surface area contributed by atoms with Crippen LogP contribution in [0.3, 0.4) is 0 Å². The van der Waals surface area contributed by atoms with Crippen LogP contribution in [0.15, 0.2) is 69.9 Å². The summed E-state index contributed by atoms with van der Waals surface area (Å²) in [5.74, 6) is 2.22. The fourth-order valence-electron chi connectivity index (χ4n) is 3.12. The molecular weight excluding hydrogens is 392 g/mol. The van der Waals surface area contributed by atoms with Gasteiger partial charge in [0.15, 0.2) is 16.7 Å². The number of ether oxygens (including phenoxy) is 2. The summed E-state index contributed by atoms with van der Waals surface area (Å²) in [7, 11) is 0. The molecule has 0 radical (unpaired) electrons. The van der Waals surface area contributed by atoms with E-state index >= 15 is 0 Å². The lowest BCUT2D eigenvalue weighted by Gasteiger charge is -2.19. The van der Waals surface area contributed by atoms with Crippen molar-refractivity contribution in [3.05, 3.63) is 75.9 Å². The Morgan fingerprint density at radius 1 is 1.04 bits per heavy atom. The molecule has 5 rings (SSSR count). The molecule has 0 amide bonds. The summed E-state index contributed by atoms with van der Waals surface area (Å²) in [5, 5.41) is 2.58. The highest BCUT2D eigenvalue weighted by atomic mass is 32.2. The van der Waals surface area contributed by atoms with Crippen molar-refractivity contribution < 1.29 is 9.47 Å². The van der Waals surface area contributed by atoms with Crippen LogP contribution in [-0.2, 0) is 5.75 Å². The maximum Gasteiger partial charge on any atom is 0.276 e. The Morgan fingerprint density at radius 2 is 1.86 bits per heavy atom. The van der Waals surface area contributed by atoms with Gasteiger partial charge in [0.25, 0.3) is 5.56 Å². The second kappa shape index (κ2) is 7.33. The zero-order valence-electron chi connectivity index (χ0n) is 14.8. The molecule has 7 heteroatoms. The van der Waals surface area contributed by atoms with Gasteiger partial charge in [-0.05, 0) is 41.3 Å². The van der Waals surface area contributed by atoms with E-state index in [0.717, 1.165) is 28.3 Å². The second-order valence-electron chi connectivity index (χ2n) is 6.27. The molecule has 28 heavy (non-hydrogen) atoms. The van der Waals surface area contributed by atoms with Crippen LogP contribution in [0.2, 0.25) is 0 Å². The minimum absolute atomic E-state index is 0.0316. The third-order valence-corrected chi connectivity index (χ3v) is 6.34. The van der Waals surface area contributed by atoms with Crippen LogP contribution in [0, 0.1) is 0 Å². The van der Waals surface area contributed by atoms with E-state index in [1.807, 2.05) is 60.0 Å². The number of para-hydroxylation sites is 1. The lowest BCUT2D eigenvalue weighted by atomic mass is 10.2. The Labute approximate surface area is 169 Å². The average molecular weight is 409 g/mol. The van der Waals surface area contributed by atoms with Crippen molar-refractivity contribution in [2.45, 2.75) is 10.9 Å². The predicted octanol–water partition coefficient (Wildman–Crippen LogP) is 4.51. The van der Waals surface area contributed by atoms with Crippen LogP contribution in [0.5, 0.6) is 11.5 Å². The summed E-state index contributed by atoms with van der Waals surface area (Å²) in [6, 6.07) is 17.5. The lowest BCUT2D eigenvalue weighted by Crippen LogP contribution is -2.20. The predicted molar refractivity (Wildman–Crippen MR) is 112 cm³/mol. The van der Waals surface area contributed by atoms with E-state index in [1.54, 1.807) is 4.57 Å². The zero-order valence-corrected chi connectivity index (χ0v) is 16.5. The number of rotatable bonds is 4. The van der Waals surface area contributed by atoms with Gasteiger partial charge in [-0.2, -0.15) is 0 Å². The summed E-state index contributed by atoms with van der Waals surface area (Å²) in [5.41, 5.74) is 2.62. The van der Waals surface area contributed by atoms with Crippen molar-refractivity contribution in [1.82, 2.24) is 9.55 Å². The molecule has 0 saturated carbocycles. The average Bonchev–Trinajstić information content (AvgIpc) is 3.22. The van der Waals surface area contributed by atoms with Crippen LogP contribution in [0.25, 0.3) is 15.9 Å². The van der Waals surface area contributed by atoms with Gasteiger partial charge in [0.1, 0.15) is 17.9 Å². The molecular formula is C21H16N2O3S2. The van der Waals surface area contributed by atoms with Crippen LogP contribution in [0.4, 0.5) is 0 Å². The van der Waals surface area contributed by atoms with E-state index in [-0.39, 0.29) is 5.56 Å². The number of fused-ring (bicyclic) bond motifs is 2. The highest BCUT2D eigenvalue weighted by Gasteiger charge is 2.16. The van der Waals surface area contributed by atoms with E-state index < -0.39 is 0 Å². The van der Waals surface area contributed by atoms with E-state index in [4.69, 9.17) is 14.5 Å². The fourth-order valence-corrected chi connectivity index (χ4v) is 4.83. The highest BCUT2D eigenvalue weighted by molar-refractivity contribution is 7.98. The largest absolute Gasteiger partial charge is 0.486 e. The minimum atomic E-state index is -0.0316. The van der Waals surface area contributed by atoms with Gasteiger partial charge in [0.2, 0.25) is 0 Å². The van der Waals surface area contributed by atoms with Crippen molar-refractivity contribution in [2.24, 2.45) is 0 Å². The molecule has 0 N–H and O–H groups in total. The Balaban J connectivity index is 1.52. The number of benzene rings is 2. The molecule has 2 aromatic carbocycles. The standard InChI is InChI=1S/C21H16N2O3S2/c24-20-19-16(8-11-27-19)22-21(23(20)15-4-2-1-3-5-15)28-13-14-6-7-17-18(12-14)26-10-9-25-17/h1-8,11-12H,9-10,13H2. The van der Waals surface area contributed by atoms with Gasteiger partial charge in [-0.15, -0.1) is 11.3 Å². The Kier molecular flexibility index (Phi) is 4.54. The summed E-state index contributed by atoms with van der Waals surface area (Å²) < 4.78 is 13.6. The first-order valence-electron chi connectivity index (χ1n) is 8.86. The van der Waals surface area contributed by atoms with Crippen molar-refractivity contribution in [1.29, 1.82) is 0 Å². The Hall–Kier alpha value is -2.77. The smallest absolute Gasteiger partial charge is 0.276 e. The van der Waals surface area contributed by atoms with Crippen molar-refractivity contribution in [3.8, 4) is 17.2 Å². The lowest BCUT2D eigenvalue weighted by molar-refractivity contribution is 0.171. The molecule has 140 valence electrons. The molecule has 0 aliphatic carbocycles. The topological polar surface area (TPSA) is 53.4 Å². The van der Waals surface area contributed by atoms with Gasteiger partial charge in [0, 0.05) is 5.75 Å². The summed E-state index contributed by atoms with van der Waals surface area (Å²) in [4.78, 5) is 17.9. The summed E-state index contributed by atoms with van der Waals surface area (Å²) in [6.45, 7) is 1.14. The molecule has 0 bridgehead atoms. The maximum atomic E-state index is 13.1. The zero-order chi connectivity index (χ0) is 18.9. The summed E-state index contributed by atoms with van der Waals surface area (Å²) in [6.07, 6.45) is 0. The number of hydrogen-bond donors (Lipinski definition) is 0. The Bertz CT molecular complexity index is 1200. The van der Waals surface area contributed by atoms with Gasteiger partial charge in [-0.3, -0.25) is 9.36 Å². The van der Waals surface area contributed by atoms with Gasteiger partial charge < -0.3 is 9.47 Å². The van der Waals surface area contributed by atoms with Crippen molar-refractivity contribution in [2.75, 3.05) is 13.2 Å². The molecule has 3 heterocycles. The normalized spacial score (nSPS) is 13.0. The molecule has 0 fully saturated rings. The van der Waals surface area contributed by atoms with Gasteiger partial charge >= 0.3 is 0 Å². The first-order chi connectivity index (χ1) is 13.8. The van der Waals surface area contributed by atoms with E-state index in [2.05, 4.69) is 0 Å². The van der Waals surface area contributed by atoms with Crippen LogP contribution in [-0.4, -0.2) is 22.8 Å². The Morgan fingerprint density at radius 3 is 2.71 bits per heavy atom. The quantitative estimate of drug-likeness (QED) is 0.367. The maximum absolute atomic E-state index is 13.1. The molecule has 4 aromatic rings. The molecule has 0 saturated heterocycles. The SMILES string of the molecule is O=c1c2sccc2nc(SCc2ccc3c(c2)OCCO3)n1-c1ccccc1. The van der Waals surface area contributed by atoms with Gasteiger partial charge in [-0.1, -0.05) is 36.0 Å². The number of thioether (sulfide) groups is 1. The highest BCUT2D eigenvalue weighted by Crippen LogP contribution is 2.33. The van der Waals surface area contributed by atoms with Crippen LogP contribution < -0.4 is 15.0 Å². The van der Waals surface area contributed by atoms with Crippen molar-refractivity contribution in [3.63, 3.8) is 0 Å². The number of thiophene rings is 1. The molecule has 1 aliphatic rings. The third-order valence-electron chi connectivity index (χ3n) is 4.44. The molecule has 0 atom stereocenters.